The van der Waals surface area contributed by atoms with Gasteiger partial charge in [0.05, 0.1) is 11.4 Å². The van der Waals surface area contributed by atoms with Gasteiger partial charge in [0.25, 0.3) is 0 Å². The molecule has 0 saturated carbocycles. The van der Waals surface area contributed by atoms with Gasteiger partial charge in [-0.1, -0.05) is 162 Å². The fraction of sp³-hybridized carbons (Fsp3) is 0.160. The Morgan fingerprint density at radius 1 is 0.491 bits per heavy atom. The topological polar surface area (TPSA) is 21.7 Å². The van der Waals surface area contributed by atoms with Crippen molar-refractivity contribution in [1.82, 2.24) is 0 Å². The highest BCUT2D eigenvalue weighted by Crippen LogP contribution is 2.56. The molecule has 55 heavy (non-hydrogen) atoms. The zero-order valence-corrected chi connectivity index (χ0v) is 33.9. The van der Waals surface area contributed by atoms with E-state index in [1.54, 1.807) is 0 Å². The van der Waals surface area contributed by atoms with Crippen molar-refractivity contribution in [2.24, 2.45) is 0 Å². The van der Waals surface area contributed by atoms with Crippen LogP contribution in [0.2, 0.25) is 13.1 Å². The van der Waals surface area contributed by atoms with Crippen molar-refractivity contribution in [1.29, 1.82) is 0 Å². The Labute approximate surface area is 329 Å². The van der Waals surface area contributed by atoms with Crippen molar-refractivity contribution in [3.63, 3.8) is 0 Å². The summed E-state index contributed by atoms with van der Waals surface area (Å²) >= 11 is 1.87. The summed E-state index contributed by atoms with van der Waals surface area (Å²) in [7, 11) is -2.08. The summed E-state index contributed by atoms with van der Waals surface area (Å²) in [5, 5.41) is 2.64. The highest BCUT2D eigenvalue weighted by Gasteiger charge is 2.40. The van der Waals surface area contributed by atoms with Crippen LogP contribution in [0.5, 0.6) is 23.0 Å². The van der Waals surface area contributed by atoms with Gasteiger partial charge in [0.2, 0.25) is 0 Å². The molecular formula is C50H43NO2SSi. The molecule has 10 rings (SSSR count). The summed E-state index contributed by atoms with van der Waals surface area (Å²) in [6.07, 6.45) is 0. The summed E-state index contributed by atoms with van der Waals surface area (Å²) in [5.74, 6) is 3.77. The van der Waals surface area contributed by atoms with E-state index >= 15 is 0 Å². The van der Waals surface area contributed by atoms with Gasteiger partial charge in [0.15, 0.2) is 5.75 Å². The Bertz CT molecular complexity index is 2570. The molecule has 0 unspecified atom stereocenters. The molecule has 3 heterocycles. The molecule has 0 fully saturated rings. The second-order valence-electron chi connectivity index (χ2n) is 16.5. The lowest BCUT2D eigenvalue weighted by Gasteiger charge is -2.39. The largest absolute Gasteiger partial charge is 0.456 e. The van der Waals surface area contributed by atoms with Gasteiger partial charge in [-0.3, -0.25) is 0 Å². The molecule has 0 N–H and O–H groups in total. The monoisotopic (exact) mass is 749 g/mol. The van der Waals surface area contributed by atoms with Crippen LogP contribution >= 0.6 is 11.8 Å². The Hall–Kier alpha value is -5.49. The smallest absolute Gasteiger partial charge is 0.151 e. The van der Waals surface area contributed by atoms with Gasteiger partial charge in [-0.25, -0.2) is 0 Å². The summed E-state index contributed by atoms with van der Waals surface area (Å²) < 4.78 is 13.7. The molecule has 0 aromatic heterocycles. The van der Waals surface area contributed by atoms with Gasteiger partial charge >= 0.3 is 0 Å². The second kappa shape index (κ2) is 12.3. The normalized spacial score (nSPS) is 16.1. The van der Waals surface area contributed by atoms with Gasteiger partial charge in [0, 0.05) is 43.0 Å². The standard InChI is InChI=1S/C50H43NO2SSi/c1-49(2)35-17-7-9-23-41(35)52-46-34(16-13-19-37(46)49)32-28-30-33(31-29-32)51(39-21-15-27-45-47(39)53-42-24-10-12-26-44(42)55(45,5)6)40-22-14-20-38-48(40)54-43-25-11-8-18-36(43)50(38,3)4/h7-31H,1-6H3. The third-order valence-corrected chi connectivity index (χ3v) is 17.0. The number of para-hydroxylation sites is 4. The summed E-state index contributed by atoms with van der Waals surface area (Å²) in [5.41, 5.74) is 10.2. The molecule has 0 saturated heterocycles. The van der Waals surface area contributed by atoms with Crippen molar-refractivity contribution in [2.45, 2.75) is 61.4 Å². The fourth-order valence-electron chi connectivity index (χ4n) is 9.15. The molecule has 5 heteroatoms. The average Bonchev–Trinajstić information content (AvgIpc) is 3.19. The molecule has 7 aromatic rings. The first-order valence-electron chi connectivity index (χ1n) is 19.2. The van der Waals surface area contributed by atoms with Crippen molar-refractivity contribution in [3.05, 3.63) is 174 Å². The van der Waals surface area contributed by atoms with Gasteiger partial charge in [-0.15, -0.1) is 0 Å². The zero-order valence-electron chi connectivity index (χ0n) is 32.1. The number of nitrogens with zero attached hydrogens (tertiary/aromatic N) is 1. The van der Waals surface area contributed by atoms with Crippen LogP contribution in [0, 0.1) is 0 Å². The minimum Gasteiger partial charge on any atom is -0.456 e. The molecule has 0 bridgehead atoms. The Kier molecular flexibility index (Phi) is 7.58. The Morgan fingerprint density at radius 3 is 1.89 bits per heavy atom. The van der Waals surface area contributed by atoms with Crippen molar-refractivity contribution < 1.29 is 9.47 Å². The molecule has 3 nitrogen and oxygen atoms in total. The van der Waals surface area contributed by atoms with E-state index in [4.69, 9.17) is 9.47 Å². The predicted molar refractivity (Wildman–Crippen MR) is 231 cm³/mol. The number of rotatable bonds is 4. The number of anilines is 3. The van der Waals surface area contributed by atoms with Crippen LogP contribution < -0.4 is 24.7 Å². The van der Waals surface area contributed by atoms with Crippen molar-refractivity contribution >= 4 is 47.3 Å². The minimum atomic E-state index is -2.08. The van der Waals surface area contributed by atoms with E-state index in [1.807, 2.05) is 11.8 Å². The van der Waals surface area contributed by atoms with Crippen LogP contribution in [0.25, 0.3) is 11.1 Å². The van der Waals surface area contributed by atoms with E-state index in [-0.39, 0.29) is 10.8 Å². The Morgan fingerprint density at radius 2 is 1.07 bits per heavy atom. The van der Waals surface area contributed by atoms with Crippen LogP contribution in [0.1, 0.15) is 49.9 Å². The van der Waals surface area contributed by atoms with E-state index in [2.05, 4.69) is 197 Å². The molecule has 0 spiro atoms. The highest BCUT2D eigenvalue weighted by atomic mass is 32.2. The van der Waals surface area contributed by atoms with E-state index in [0.29, 0.717) is 0 Å². The van der Waals surface area contributed by atoms with Crippen LogP contribution in [0.3, 0.4) is 0 Å². The summed E-state index contributed by atoms with van der Waals surface area (Å²) in [4.78, 5) is 5.01. The first kappa shape index (κ1) is 34.0. The molecule has 0 aliphatic carbocycles. The predicted octanol–water partition coefficient (Wildman–Crippen LogP) is 13.0. The first-order chi connectivity index (χ1) is 26.5. The van der Waals surface area contributed by atoms with Gasteiger partial charge in [-0.2, -0.15) is 0 Å². The van der Waals surface area contributed by atoms with Gasteiger partial charge < -0.3 is 14.4 Å². The van der Waals surface area contributed by atoms with Gasteiger partial charge in [0.1, 0.15) is 25.3 Å². The van der Waals surface area contributed by atoms with E-state index in [9.17, 15) is 0 Å². The van der Waals surface area contributed by atoms with Crippen LogP contribution in [-0.2, 0) is 10.8 Å². The summed E-state index contributed by atoms with van der Waals surface area (Å²) in [6.45, 7) is 14.2. The maximum Gasteiger partial charge on any atom is 0.151 e. The number of hydrogen-bond donors (Lipinski definition) is 0. The van der Waals surface area contributed by atoms with E-state index in [0.717, 1.165) is 51.2 Å². The van der Waals surface area contributed by atoms with Crippen LogP contribution in [-0.4, -0.2) is 8.07 Å². The third kappa shape index (κ3) is 5.09. The van der Waals surface area contributed by atoms with E-state index < -0.39 is 8.07 Å². The highest BCUT2D eigenvalue weighted by molar-refractivity contribution is 7.99. The van der Waals surface area contributed by atoms with Crippen molar-refractivity contribution in [3.8, 4) is 34.1 Å². The molecule has 0 amide bonds. The molecule has 0 atom stereocenters. The second-order valence-corrected chi connectivity index (χ2v) is 21.9. The maximum absolute atomic E-state index is 6.98. The molecule has 0 radical (unpaired) electrons. The van der Waals surface area contributed by atoms with Gasteiger partial charge in [-0.05, 0) is 69.5 Å². The lowest BCUT2D eigenvalue weighted by molar-refractivity contribution is 0.419. The average molecular weight is 750 g/mol. The Balaban J connectivity index is 1.15. The van der Waals surface area contributed by atoms with E-state index in [1.165, 1.54) is 42.4 Å². The van der Waals surface area contributed by atoms with Crippen LogP contribution in [0.4, 0.5) is 17.1 Å². The number of ether oxygens (including phenoxy) is 2. The zero-order chi connectivity index (χ0) is 37.7. The SMILES string of the molecule is CC1(C)c2ccccc2Oc2c(-c3ccc(N(c4cccc5c4Oc4ccccc4[Si]5(C)C)c4cccc5c4Sc4ccccc4C5(C)C)cc3)cccc21. The third-order valence-electron chi connectivity index (χ3n) is 12.3. The fourth-order valence-corrected chi connectivity index (χ4v) is 13.5. The first-order valence-corrected chi connectivity index (χ1v) is 23.0. The molecule has 3 aliphatic rings. The van der Waals surface area contributed by atoms with Crippen LogP contribution in [0.15, 0.2) is 161 Å². The minimum absolute atomic E-state index is 0.165. The lowest BCUT2D eigenvalue weighted by atomic mass is 9.75. The molecule has 270 valence electrons. The quantitative estimate of drug-likeness (QED) is 0.167. The number of hydrogen-bond acceptors (Lipinski definition) is 4. The number of fused-ring (bicyclic) bond motifs is 6. The summed E-state index contributed by atoms with van der Waals surface area (Å²) in [6, 6.07) is 55.0. The number of benzene rings is 7. The maximum atomic E-state index is 6.98. The molecule has 7 aromatic carbocycles. The lowest BCUT2D eigenvalue weighted by Crippen LogP contribution is -2.56. The van der Waals surface area contributed by atoms with Crippen molar-refractivity contribution in [2.75, 3.05) is 4.90 Å². The molecule has 3 aliphatic heterocycles. The molecular weight excluding hydrogens is 707 g/mol.